The molecule has 1 heterocycles. The summed E-state index contributed by atoms with van der Waals surface area (Å²) in [7, 11) is -4.12. The summed E-state index contributed by atoms with van der Waals surface area (Å²) < 4.78 is 23.3. The molecule has 0 aromatic carbocycles. The Morgan fingerprint density at radius 2 is 2.06 bits per heavy atom. The maximum Gasteiger partial charge on any atom is 0.328 e. The summed E-state index contributed by atoms with van der Waals surface area (Å²) in [5.74, 6) is 0. The predicted octanol–water partition coefficient (Wildman–Crippen LogP) is -0.845. The number of aromatic amines is 1. The fourth-order valence-corrected chi connectivity index (χ4v) is 1.76. The lowest BCUT2D eigenvalue weighted by Gasteiger charge is -2.12. The first-order valence-corrected chi connectivity index (χ1v) is 6.20. The van der Waals surface area contributed by atoms with Crippen molar-refractivity contribution in [3.63, 3.8) is 0 Å². The molecule has 0 aliphatic carbocycles. The molecule has 0 aliphatic rings. The van der Waals surface area contributed by atoms with E-state index in [4.69, 9.17) is 5.14 Å². The van der Waals surface area contributed by atoms with Crippen molar-refractivity contribution in [3.8, 4) is 0 Å². The summed E-state index contributed by atoms with van der Waals surface area (Å²) in [5, 5.41) is 4.86. The lowest BCUT2D eigenvalue weighted by molar-refractivity contribution is 0.493. The van der Waals surface area contributed by atoms with Crippen LogP contribution in [-0.2, 0) is 10.0 Å². The molecule has 0 amide bonds. The second-order valence-electron chi connectivity index (χ2n) is 3.46. The van der Waals surface area contributed by atoms with Gasteiger partial charge in [-0.05, 0) is 13.3 Å². The van der Waals surface area contributed by atoms with Crippen molar-refractivity contribution < 1.29 is 8.42 Å². The maximum absolute atomic E-state index is 11.4. The number of nitrogens with two attached hydrogens (primary N) is 1. The zero-order valence-corrected chi connectivity index (χ0v) is 9.74. The third-order valence-corrected chi connectivity index (χ3v) is 3.21. The first kappa shape index (κ1) is 12.7. The molecule has 0 saturated carbocycles. The standard InChI is InChI=1S/C8H13N3O4S/c1-3-5(2)11-4-6(16(9,14)15)7(12)10-8(11)13/h4-5H,3H2,1-2H3,(H2,9,14,15)(H,10,12,13). The average Bonchev–Trinajstić information content (AvgIpc) is 2.14. The van der Waals surface area contributed by atoms with Gasteiger partial charge in [-0.15, -0.1) is 0 Å². The van der Waals surface area contributed by atoms with Crippen LogP contribution < -0.4 is 16.4 Å². The van der Waals surface area contributed by atoms with E-state index in [0.29, 0.717) is 6.42 Å². The van der Waals surface area contributed by atoms with E-state index in [1.165, 1.54) is 0 Å². The van der Waals surface area contributed by atoms with Crippen LogP contribution in [-0.4, -0.2) is 18.0 Å². The van der Waals surface area contributed by atoms with Gasteiger partial charge in [0.2, 0.25) is 10.0 Å². The normalized spacial score (nSPS) is 13.7. The van der Waals surface area contributed by atoms with E-state index in [9.17, 15) is 18.0 Å². The summed E-state index contributed by atoms with van der Waals surface area (Å²) in [6.07, 6.45) is 1.60. The minimum atomic E-state index is -4.12. The van der Waals surface area contributed by atoms with E-state index < -0.39 is 26.2 Å². The molecule has 8 heteroatoms. The van der Waals surface area contributed by atoms with E-state index in [1.807, 2.05) is 11.9 Å². The predicted molar refractivity (Wildman–Crippen MR) is 57.7 cm³/mol. The smallest absolute Gasteiger partial charge is 0.296 e. The van der Waals surface area contributed by atoms with Gasteiger partial charge in [-0.2, -0.15) is 0 Å². The number of hydrogen-bond acceptors (Lipinski definition) is 4. The zero-order chi connectivity index (χ0) is 12.5. The summed E-state index contributed by atoms with van der Waals surface area (Å²) in [5.41, 5.74) is -1.64. The van der Waals surface area contributed by atoms with Crippen molar-refractivity contribution in [1.82, 2.24) is 9.55 Å². The molecule has 1 atom stereocenters. The van der Waals surface area contributed by atoms with Gasteiger partial charge < -0.3 is 0 Å². The molecule has 0 fully saturated rings. The van der Waals surface area contributed by atoms with Crippen LogP contribution in [0.5, 0.6) is 0 Å². The molecule has 1 unspecified atom stereocenters. The number of nitrogens with zero attached hydrogens (tertiary/aromatic N) is 1. The van der Waals surface area contributed by atoms with Gasteiger partial charge in [0, 0.05) is 12.2 Å². The number of hydrogen-bond donors (Lipinski definition) is 2. The van der Waals surface area contributed by atoms with Gasteiger partial charge in [-0.3, -0.25) is 14.3 Å². The van der Waals surface area contributed by atoms with Crippen LogP contribution in [0.2, 0.25) is 0 Å². The monoisotopic (exact) mass is 247 g/mol. The van der Waals surface area contributed by atoms with Gasteiger partial charge in [0.25, 0.3) is 5.56 Å². The molecule has 7 nitrogen and oxygen atoms in total. The lowest BCUT2D eigenvalue weighted by atomic mass is 10.2. The van der Waals surface area contributed by atoms with Gasteiger partial charge in [-0.1, -0.05) is 6.92 Å². The highest BCUT2D eigenvalue weighted by Crippen LogP contribution is 2.07. The molecular formula is C8H13N3O4S. The topological polar surface area (TPSA) is 115 Å². The largest absolute Gasteiger partial charge is 0.328 e. The van der Waals surface area contributed by atoms with Crippen LogP contribution >= 0.6 is 0 Å². The van der Waals surface area contributed by atoms with Gasteiger partial charge in [0.1, 0.15) is 0 Å². The van der Waals surface area contributed by atoms with Crippen LogP contribution in [0.15, 0.2) is 20.7 Å². The van der Waals surface area contributed by atoms with Crippen molar-refractivity contribution in [1.29, 1.82) is 0 Å². The van der Waals surface area contributed by atoms with E-state index in [1.54, 1.807) is 6.92 Å². The van der Waals surface area contributed by atoms with E-state index in [-0.39, 0.29) is 6.04 Å². The third kappa shape index (κ3) is 2.39. The Morgan fingerprint density at radius 1 is 1.50 bits per heavy atom. The highest BCUT2D eigenvalue weighted by molar-refractivity contribution is 7.89. The van der Waals surface area contributed by atoms with Crippen LogP contribution in [0.3, 0.4) is 0 Å². The first-order chi connectivity index (χ1) is 7.27. The number of nitrogens with one attached hydrogen (secondary N) is 1. The molecule has 0 saturated heterocycles. The first-order valence-electron chi connectivity index (χ1n) is 4.65. The number of primary sulfonamides is 1. The van der Waals surface area contributed by atoms with Crippen LogP contribution in [0.1, 0.15) is 26.3 Å². The molecule has 3 N–H and O–H groups in total. The number of rotatable bonds is 3. The molecule has 1 aromatic heterocycles. The second-order valence-corrected chi connectivity index (χ2v) is 4.99. The van der Waals surface area contributed by atoms with Crippen LogP contribution in [0.25, 0.3) is 0 Å². The molecule has 1 rings (SSSR count). The molecular weight excluding hydrogens is 234 g/mol. The Bertz CT molecular complexity index is 598. The van der Waals surface area contributed by atoms with Gasteiger partial charge in [0.15, 0.2) is 4.90 Å². The fourth-order valence-electron chi connectivity index (χ4n) is 1.19. The molecule has 1 aromatic rings. The zero-order valence-electron chi connectivity index (χ0n) is 8.93. The lowest BCUT2D eigenvalue weighted by Crippen LogP contribution is -2.35. The minimum Gasteiger partial charge on any atom is -0.296 e. The van der Waals surface area contributed by atoms with Crippen molar-refractivity contribution in [2.45, 2.75) is 31.2 Å². The van der Waals surface area contributed by atoms with E-state index in [0.717, 1.165) is 10.8 Å². The summed E-state index contributed by atoms with van der Waals surface area (Å²) in [6.45, 7) is 3.56. The van der Waals surface area contributed by atoms with Crippen molar-refractivity contribution >= 4 is 10.0 Å². The van der Waals surface area contributed by atoms with E-state index in [2.05, 4.69) is 0 Å². The minimum absolute atomic E-state index is 0.218. The highest BCUT2D eigenvalue weighted by atomic mass is 32.2. The second kappa shape index (κ2) is 4.22. The van der Waals surface area contributed by atoms with Crippen LogP contribution in [0.4, 0.5) is 0 Å². The SMILES string of the molecule is CCC(C)n1cc(S(N)(=O)=O)c(=O)[nH]c1=O. The van der Waals surface area contributed by atoms with Crippen molar-refractivity contribution in [3.05, 3.63) is 27.0 Å². The van der Waals surface area contributed by atoms with Gasteiger partial charge >= 0.3 is 5.69 Å². The molecule has 0 radical (unpaired) electrons. The highest BCUT2D eigenvalue weighted by Gasteiger charge is 2.16. The van der Waals surface area contributed by atoms with Crippen LogP contribution in [0, 0.1) is 0 Å². The molecule has 0 bridgehead atoms. The quantitative estimate of drug-likeness (QED) is 0.724. The van der Waals surface area contributed by atoms with Gasteiger partial charge in [0.05, 0.1) is 0 Å². The Balaban J connectivity index is 3.58. The van der Waals surface area contributed by atoms with Crippen molar-refractivity contribution in [2.24, 2.45) is 5.14 Å². The Morgan fingerprint density at radius 3 is 2.50 bits per heavy atom. The summed E-state index contributed by atoms with van der Waals surface area (Å²) in [4.78, 5) is 23.9. The summed E-state index contributed by atoms with van der Waals surface area (Å²) >= 11 is 0. The Kier molecular flexibility index (Phi) is 3.34. The molecule has 0 aliphatic heterocycles. The van der Waals surface area contributed by atoms with Gasteiger partial charge in [-0.25, -0.2) is 18.4 Å². The molecule has 16 heavy (non-hydrogen) atoms. The Hall–Kier alpha value is -1.41. The Labute approximate surface area is 92.0 Å². The molecule has 90 valence electrons. The number of H-pyrrole nitrogens is 1. The summed E-state index contributed by atoms with van der Waals surface area (Å²) in [6, 6.07) is -0.218. The number of sulfonamides is 1. The fraction of sp³-hybridized carbons (Fsp3) is 0.500. The maximum atomic E-state index is 11.4. The van der Waals surface area contributed by atoms with E-state index >= 15 is 0 Å². The third-order valence-electron chi connectivity index (χ3n) is 2.31. The number of aromatic nitrogens is 2. The average molecular weight is 247 g/mol. The molecule has 0 spiro atoms. The van der Waals surface area contributed by atoms with Crippen molar-refractivity contribution in [2.75, 3.05) is 0 Å².